The van der Waals surface area contributed by atoms with Gasteiger partial charge < -0.3 is 4.90 Å². The van der Waals surface area contributed by atoms with Crippen molar-refractivity contribution in [2.24, 2.45) is 4.99 Å². The van der Waals surface area contributed by atoms with Crippen molar-refractivity contribution in [3.8, 4) is 11.1 Å². The lowest BCUT2D eigenvalue weighted by atomic mass is 10.0. The molecular weight excluding hydrogens is 429 g/mol. The summed E-state index contributed by atoms with van der Waals surface area (Å²) in [5, 5.41) is 3.94. The first-order chi connectivity index (χ1) is 15.4. The molecule has 5 rings (SSSR count). The van der Waals surface area contributed by atoms with Gasteiger partial charge in [0.1, 0.15) is 30.2 Å². The number of alkyl halides is 3. The Bertz CT molecular complexity index is 1190. The summed E-state index contributed by atoms with van der Waals surface area (Å²) >= 11 is 0. The fraction of sp³-hybridized carbons (Fsp3) is 0.318. The number of halogens is 5. The van der Waals surface area contributed by atoms with Gasteiger partial charge in [0.05, 0.1) is 31.0 Å². The highest BCUT2D eigenvalue weighted by Crippen LogP contribution is 2.38. The average molecular weight is 447 g/mol. The second-order valence-electron chi connectivity index (χ2n) is 7.87. The van der Waals surface area contributed by atoms with E-state index in [9.17, 15) is 22.0 Å². The van der Waals surface area contributed by atoms with E-state index in [0.717, 1.165) is 22.9 Å². The van der Waals surface area contributed by atoms with Gasteiger partial charge in [0, 0.05) is 41.1 Å². The quantitative estimate of drug-likeness (QED) is 0.552. The topological polar surface area (TPSA) is 46.3 Å². The van der Waals surface area contributed by atoms with Gasteiger partial charge in [-0.15, -0.1) is 0 Å². The Balaban J connectivity index is 1.48. The second-order valence-corrected chi connectivity index (χ2v) is 7.87. The van der Waals surface area contributed by atoms with Gasteiger partial charge in [0.2, 0.25) is 0 Å². The first-order valence-electron chi connectivity index (χ1n) is 10.1. The number of nitrogens with zero attached hydrogens (tertiary/aromatic N) is 5. The molecular formula is C22H18F5N5. The summed E-state index contributed by atoms with van der Waals surface area (Å²) in [5.74, 6) is -0.738. The summed E-state index contributed by atoms with van der Waals surface area (Å²) in [7, 11) is 0. The highest BCUT2D eigenvalue weighted by Gasteiger charge is 2.39. The molecule has 0 amide bonds. The lowest BCUT2D eigenvalue weighted by Gasteiger charge is -2.27. The maximum Gasteiger partial charge on any atom is 0.257 e. The number of likely N-dealkylation sites (tertiary alicyclic amines) is 1. The number of fused-ring (bicyclic) bond motifs is 1. The van der Waals surface area contributed by atoms with E-state index in [1.807, 2.05) is 0 Å². The zero-order valence-corrected chi connectivity index (χ0v) is 16.7. The Kier molecular flexibility index (Phi) is 5.15. The molecule has 2 atom stereocenters. The first kappa shape index (κ1) is 20.6. The molecule has 5 nitrogen and oxygen atoms in total. The summed E-state index contributed by atoms with van der Waals surface area (Å²) in [4.78, 5) is 10.6. The molecule has 2 aliphatic heterocycles. The predicted octanol–water partition coefficient (Wildman–Crippen LogP) is 4.53. The molecule has 0 unspecified atom stereocenters. The molecule has 0 bridgehead atoms. The Morgan fingerprint density at radius 1 is 1.09 bits per heavy atom. The third-order valence-corrected chi connectivity index (χ3v) is 5.72. The molecule has 1 saturated heterocycles. The molecule has 2 aromatic heterocycles. The minimum absolute atomic E-state index is 0.00452. The molecule has 3 aromatic rings. The van der Waals surface area contributed by atoms with Crippen molar-refractivity contribution in [2.75, 3.05) is 6.54 Å². The molecule has 0 saturated carbocycles. The van der Waals surface area contributed by atoms with E-state index < -0.39 is 36.8 Å². The van der Waals surface area contributed by atoms with E-state index in [2.05, 4.69) is 15.1 Å². The van der Waals surface area contributed by atoms with Crippen molar-refractivity contribution < 1.29 is 22.0 Å². The largest absolute Gasteiger partial charge is 0.346 e. The Morgan fingerprint density at radius 3 is 2.75 bits per heavy atom. The number of aromatic nitrogens is 3. The van der Waals surface area contributed by atoms with Crippen LogP contribution in [0.25, 0.3) is 11.1 Å². The van der Waals surface area contributed by atoms with Crippen LogP contribution in [0.15, 0.2) is 47.8 Å². The van der Waals surface area contributed by atoms with Crippen molar-refractivity contribution in [1.29, 1.82) is 0 Å². The number of rotatable bonds is 4. The van der Waals surface area contributed by atoms with Crippen molar-refractivity contribution in [2.45, 2.75) is 38.1 Å². The zero-order valence-electron chi connectivity index (χ0n) is 16.7. The zero-order chi connectivity index (χ0) is 22.4. The van der Waals surface area contributed by atoms with E-state index in [0.29, 0.717) is 28.2 Å². The third kappa shape index (κ3) is 3.74. The van der Waals surface area contributed by atoms with Gasteiger partial charge in [-0.05, 0) is 24.3 Å². The molecule has 1 fully saturated rings. The van der Waals surface area contributed by atoms with Gasteiger partial charge in [-0.1, -0.05) is 0 Å². The second kappa shape index (κ2) is 7.99. The summed E-state index contributed by atoms with van der Waals surface area (Å²) in [6.07, 6.45) is 0.839. The van der Waals surface area contributed by atoms with E-state index in [1.165, 1.54) is 12.4 Å². The number of benzene rings is 1. The minimum Gasteiger partial charge on any atom is -0.346 e. The van der Waals surface area contributed by atoms with Crippen molar-refractivity contribution in [3.63, 3.8) is 0 Å². The first-order valence-corrected chi connectivity index (χ1v) is 10.1. The number of amidine groups is 1. The van der Waals surface area contributed by atoms with Gasteiger partial charge in [0.25, 0.3) is 6.43 Å². The van der Waals surface area contributed by atoms with Gasteiger partial charge in [0.15, 0.2) is 0 Å². The Morgan fingerprint density at radius 2 is 1.94 bits per heavy atom. The van der Waals surface area contributed by atoms with Crippen LogP contribution in [0.2, 0.25) is 0 Å². The van der Waals surface area contributed by atoms with E-state index >= 15 is 0 Å². The normalized spacial score (nSPS) is 20.2. The van der Waals surface area contributed by atoms with E-state index in [-0.39, 0.29) is 25.1 Å². The molecule has 0 radical (unpaired) electrons. The van der Waals surface area contributed by atoms with Crippen LogP contribution in [-0.2, 0) is 13.1 Å². The summed E-state index contributed by atoms with van der Waals surface area (Å²) < 4.78 is 69.1. The maximum atomic E-state index is 14.5. The number of pyridine rings is 1. The minimum atomic E-state index is -2.52. The molecule has 0 aliphatic carbocycles. The van der Waals surface area contributed by atoms with Crippen molar-refractivity contribution in [3.05, 3.63) is 71.3 Å². The predicted molar refractivity (Wildman–Crippen MR) is 107 cm³/mol. The van der Waals surface area contributed by atoms with Crippen LogP contribution in [0.1, 0.15) is 29.3 Å². The number of hydrogen-bond donors (Lipinski definition) is 0. The van der Waals surface area contributed by atoms with Crippen molar-refractivity contribution in [1.82, 2.24) is 19.7 Å². The van der Waals surface area contributed by atoms with Gasteiger partial charge >= 0.3 is 0 Å². The molecule has 0 spiro atoms. The van der Waals surface area contributed by atoms with E-state index in [4.69, 9.17) is 0 Å². The third-order valence-electron chi connectivity index (χ3n) is 5.72. The average Bonchev–Trinajstić information content (AvgIpc) is 3.47. The van der Waals surface area contributed by atoms with Crippen LogP contribution >= 0.6 is 0 Å². The highest BCUT2D eigenvalue weighted by atomic mass is 19.3. The molecule has 0 N–H and O–H groups in total. The highest BCUT2D eigenvalue weighted by molar-refractivity contribution is 6.02. The van der Waals surface area contributed by atoms with Crippen LogP contribution in [0.5, 0.6) is 0 Å². The fourth-order valence-corrected chi connectivity index (χ4v) is 4.29. The Hall–Kier alpha value is -3.30. The van der Waals surface area contributed by atoms with Crippen LogP contribution in [-0.4, -0.2) is 44.6 Å². The molecule has 32 heavy (non-hydrogen) atoms. The van der Waals surface area contributed by atoms with Gasteiger partial charge in [-0.25, -0.2) is 22.0 Å². The summed E-state index contributed by atoms with van der Waals surface area (Å²) in [6, 6.07) is 4.24. The molecule has 166 valence electrons. The Labute approximate surface area is 180 Å². The van der Waals surface area contributed by atoms with Crippen LogP contribution in [0.3, 0.4) is 0 Å². The monoisotopic (exact) mass is 447 g/mol. The summed E-state index contributed by atoms with van der Waals surface area (Å²) in [5.41, 5.74) is 2.65. The molecule has 10 heteroatoms. The van der Waals surface area contributed by atoms with Crippen molar-refractivity contribution >= 4 is 5.84 Å². The fourth-order valence-electron chi connectivity index (χ4n) is 4.29. The van der Waals surface area contributed by atoms with Gasteiger partial charge in [-0.2, -0.15) is 5.10 Å². The SMILES string of the molecule is Fc1ccc(F)c([C@H]2C[C@H](F)CN2C2=NCc3ncc(-c4cnn(CC(F)F)c4)cc32)c1. The van der Waals surface area contributed by atoms with E-state index in [1.54, 1.807) is 17.2 Å². The smallest absolute Gasteiger partial charge is 0.257 e. The standard InChI is InChI=1S/C22H18F5N5/c23-14-1-2-18(25)16(4-14)20-5-15(24)10-32(20)22-17-3-12(6-28-19(17)8-29-22)13-7-30-31(9-13)11-21(26)27/h1-4,6-7,9,15,20-21H,5,8,10-11H2/t15-,20+/m0/s1. The number of aliphatic imine (C=N–C) groups is 1. The molecule has 4 heterocycles. The van der Waals surface area contributed by atoms with Crippen LogP contribution in [0, 0.1) is 11.6 Å². The lowest BCUT2D eigenvalue weighted by Crippen LogP contribution is -2.32. The van der Waals surface area contributed by atoms with Crippen LogP contribution in [0.4, 0.5) is 22.0 Å². The maximum absolute atomic E-state index is 14.5. The summed E-state index contributed by atoms with van der Waals surface area (Å²) in [6.45, 7) is -0.242. The lowest BCUT2D eigenvalue weighted by molar-refractivity contribution is 0.122. The molecule has 1 aromatic carbocycles. The van der Waals surface area contributed by atoms with Gasteiger partial charge in [-0.3, -0.25) is 14.7 Å². The molecule has 2 aliphatic rings. The number of hydrogen-bond acceptors (Lipinski definition) is 4. The van der Waals surface area contributed by atoms with Crippen LogP contribution < -0.4 is 0 Å².